The molecule has 0 aliphatic carbocycles. The van der Waals surface area contributed by atoms with Gasteiger partial charge in [0.1, 0.15) is 5.75 Å². The molecule has 4 nitrogen and oxygen atoms in total. The van der Waals surface area contributed by atoms with Crippen molar-refractivity contribution in [2.24, 2.45) is 0 Å². The molecule has 0 bridgehead atoms. The highest BCUT2D eigenvalue weighted by atomic mass is 79.9. The summed E-state index contributed by atoms with van der Waals surface area (Å²) in [6.45, 7) is 1.97. The number of anilines is 1. The number of aromatic nitrogens is 1. The molecule has 0 atom stereocenters. The Bertz CT molecular complexity index is 845. The lowest BCUT2D eigenvalue weighted by Gasteiger charge is -2.05. The van der Waals surface area contributed by atoms with Gasteiger partial charge in [0.2, 0.25) is 0 Å². The lowest BCUT2D eigenvalue weighted by molar-refractivity contribution is -0.118. The van der Waals surface area contributed by atoms with E-state index in [1.165, 1.54) is 16.9 Å². The molecule has 1 amide bonds. The number of carbonyl (C=O) groups is 1. The van der Waals surface area contributed by atoms with Gasteiger partial charge in [0.05, 0.1) is 0 Å². The number of rotatable bonds is 6. The van der Waals surface area contributed by atoms with Crippen molar-refractivity contribution in [3.05, 3.63) is 75.2 Å². The second-order valence-electron chi connectivity index (χ2n) is 5.58. The Hall–Kier alpha value is -2.18. The molecule has 0 saturated carbocycles. The van der Waals surface area contributed by atoms with Gasteiger partial charge in [-0.05, 0) is 36.8 Å². The standard InChI is InChI=1S/C19H17BrN2O2S/c1-13-2-8-16(9-3-13)24-12-18(23)22-19-21-11-17(25-19)10-14-4-6-15(20)7-5-14/h2-9,11H,10,12H2,1H3,(H,21,22,23). The molecular formula is C19H17BrN2O2S. The van der Waals surface area contributed by atoms with Crippen LogP contribution in [0.5, 0.6) is 5.75 Å². The Balaban J connectivity index is 1.51. The molecule has 0 radical (unpaired) electrons. The van der Waals surface area contributed by atoms with Gasteiger partial charge in [-0.25, -0.2) is 4.98 Å². The van der Waals surface area contributed by atoms with Gasteiger partial charge in [0.15, 0.2) is 11.7 Å². The number of carbonyl (C=O) groups excluding carboxylic acids is 1. The summed E-state index contributed by atoms with van der Waals surface area (Å²) in [5.74, 6) is 0.459. The summed E-state index contributed by atoms with van der Waals surface area (Å²) in [5, 5.41) is 3.36. The maximum Gasteiger partial charge on any atom is 0.264 e. The molecular weight excluding hydrogens is 400 g/mol. The van der Waals surface area contributed by atoms with Gasteiger partial charge in [-0.15, -0.1) is 11.3 Å². The van der Waals surface area contributed by atoms with E-state index in [-0.39, 0.29) is 12.5 Å². The predicted octanol–water partition coefficient (Wildman–Crippen LogP) is 4.82. The fourth-order valence-corrected chi connectivity index (χ4v) is 3.32. The molecule has 1 heterocycles. The third kappa shape index (κ3) is 5.41. The van der Waals surface area contributed by atoms with Gasteiger partial charge in [-0.3, -0.25) is 10.1 Å². The fourth-order valence-electron chi connectivity index (χ4n) is 2.19. The normalized spacial score (nSPS) is 10.5. The number of aryl methyl sites for hydroxylation is 1. The van der Waals surface area contributed by atoms with Gasteiger partial charge in [0.25, 0.3) is 5.91 Å². The number of thiazole rings is 1. The van der Waals surface area contributed by atoms with Gasteiger partial charge in [0, 0.05) is 22.0 Å². The number of halogens is 1. The molecule has 1 aromatic heterocycles. The largest absolute Gasteiger partial charge is 0.484 e. The summed E-state index contributed by atoms with van der Waals surface area (Å²) >= 11 is 4.90. The summed E-state index contributed by atoms with van der Waals surface area (Å²) < 4.78 is 6.53. The minimum Gasteiger partial charge on any atom is -0.484 e. The molecule has 128 valence electrons. The average molecular weight is 417 g/mol. The molecule has 1 N–H and O–H groups in total. The van der Waals surface area contributed by atoms with E-state index in [0.29, 0.717) is 10.9 Å². The Morgan fingerprint density at radius 2 is 1.88 bits per heavy atom. The van der Waals surface area contributed by atoms with E-state index in [2.05, 4.69) is 38.4 Å². The third-order valence-corrected chi connectivity index (χ3v) is 4.92. The minimum absolute atomic E-state index is 0.0370. The van der Waals surface area contributed by atoms with Crippen LogP contribution in [0.3, 0.4) is 0 Å². The van der Waals surface area contributed by atoms with Crippen molar-refractivity contribution in [3.8, 4) is 5.75 Å². The quantitative estimate of drug-likeness (QED) is 0.626. The number of nitrogens with zero attached hydrogens (tertiary/aromatic N) is 1. The first-order chi connectivity index (χ1) is 12.1. The lowest BCUT2D eigenvalue weighted by atomic mass is 10.1. The van der Waals surface area contributed by atoms with E-state index in [1.54, 1.807) is 6.20 Å². The van der Waals surface area contributed by atoms with Gasteiger partial charge >= 0.3 is 0 Å². The maximum absolute atomic E-state index is 12.0. The first-order valence-electron chi connectivity index (χ1n) is 7.77. The van der Waals surface area contributed by atoms with Crippen molar-refractivity contribution in [2.75, 3.05) is 11.9 Å². The molecule has 3 aromatic rings. The number of hydrogen-bond acceptors (Lipinski definition) is 4. The number of nitrogens with one attached hydrogen (secondary N) is 1. The van der Waals surface area contributed by atoms with E-state index >= 15 is 0 Å². The highest BCUT2D eigenvalue weighted by Gasteiger charge is 2.08. The molecule has 0 spiro atoms. The van der Waals surface area contributed by atoms with E-state index in [9.17, 15) is 4.79 Å². The summed E-state index contributed by atoms with van der Waals surface area (Å²) in [6.07, 6.45) is 2.59. The van der Waals surface area contributed by atoms with Crippen LogP contribution in [0.4, 0.5) is 5.13 Å². The Morgan fingerprint density at radius 3 is 2.60 bits per heavy atom. The molecule has 3 rings (SSSR count). The SMILES string of the molecule is Cc1ccc(OCC(=O)Nc2ncc(Cc3ccc(Br)cc3)s2)cc1. The van der Waals surface area contributed by atoms with Crippen molar-refractivity contribution < 1.29 is 9.53 Å². The maximum atomic E-state index is 12.0. The smallest absolute Gasteiger partial charge is 0.264 e. The summed E-state index contributed by atoms with van der Waals surface area (Å²) in [6, 6.07) is 15.8. The zero-order valence-corrected chi connectivity index (χ0v) is 16.1. The van der Waals surface area contributed by atoms with Crippen LogP contribution >= 0.6 is 27.3 Å². The van der Waals surface area contributed by atoms with Gasteiger partial charge < -0.3 is 4.74 Å². The second-order valence-corrected chi connectivity index (χ2v) is 7.62. The molecule has 0 aliphatic rings. The zero-order valence-electron chi connectivity index (χ0n) is 13.7. The molecule has 0 fully saturated rings. The Morgan fingerprint density at radius 1 is 1.16 bits per heavy atom. The summed E-state index contributed by atoms with van der Waals surface area (Å²) in [4.78, 5) is 17.3. The van der Waals surface area contributed by atoms with E-state index < -0.39 is 0 Å². The molecule has 25 heavy (non-hydrogen) atoms. The monoisotopic (exact) mass is 416 g/mol. The highest BCUT2D eigenvalue weighted by Crippen LogP contribution is 2.22. The Kier molecular flexibility index (Phi) is 5.83. The number of amides is 1. The predicted molar refractivity (Wildman–Crippen MR) is 104 cm³/mol. The van der Waals surface area contributed by atoms with Crippen LogP contribution in [0.1, 0.15) is 16.0 Å². The first kappa shape index (κ1) is 17.6. The minimum atomic E-state index is -0.217. The molecule has 0 saturated heterocycles. The van der Waals surface area contributed by atoms with Gasteiger partial charge in [-0.2, -0.15) is 0 Å². The molecule has 0 unspecified atom stereocenters. The van der Waals surface area contributed by atoms with Crippen LogP contribution in [0, 0.1) is 6.92 Å². The van der Waals surface area contributed by atoms with Crippen LogP contribution in [0.25, 0.3) is 0 Å². The van der Waals surface area contributed by atoms with Crippen LogP contribution in [-0.4, -0.2) is 17.5 Å². The van der Waals surface area contributed by atoms with Crippen molar-refractivity contribution in [1.29, 1.82) is 0 Å². The van der Waals surface area contributed by atoms with Crippen LogP contribution in [0.2, 0.25) is 0 Å². The summed E-state index contributed by atoms with van der Waals surface area (Å²) in [5.41, 5.74) is 2.35. The fraction of sp³-hybridized carbons (Fsp3) is 0.158. The molecule has 6 heteroatoms. The van der Waals surface area contributed by atoms with Crippen molar-refractivity contribution in [3.63, 3.8) is 0 Å². The number of benzene rings is 2. The van der Waals surface area contributed by atoms with Crippen molar-refractivity contribution in [1.82, 2.24) is 4.98 Å². The number of ether oxygens (including phenoxy) is 1. The molecule has 2 aromatic carbocycles. The average Bonchev–Trinajstić information content (AvgIpc) is 3.03. The Labute approximate surface area is 159 Å². The zero-order chi connectivity index (χ0) is 17.6. The summed E-state index contributed by atoms with van der Waals surface area (Å²) in [7, 11) is 0. The van der Waals surface area contributed by atoms with Crippen molar-refractivity contribution in [2.45, 2.75) is 13.3 Å². The molecule has 0 aliphatic heterocycles. The van der Waals surface area contributed by atoms with E-state index in [0.717, 1.165) is 21.3 Å². The van der Waals surface area contributed by atoms with Crippen LogP contribution in [0.15, 0.2) is 59.2 Å². The second kappa shape index (κ2) is 8.27. The van der Waals surface area contributed by atoms with Crippen LogP contribution < -0.4 is 10.1 Å². The van der Waals surface area contributed by atoms with Crippen molar-refractivity contribution >= 4 is 38.3 Å². The van der Waals surface area contributed by atoms with E-state index in [4.69, 9.17) is 4.74 Å². The van der Waals surface area contributed by atoms with Crippen LogP contribution in [-0.2, 0) is 11.2 Å². The van der Waals surface area contributed by atoms with E-state index in [1.807, 2.05) is 43.3 Å². The number of hydrogen-bond donors (Lipinski definition) is 1. The first-order valence-corrected chi connectivity index (χ1v) is 9.38. The highest BCUT2D eigenvalue weighted by molar-refractivity contribution is 9.10. The topological polar surface area (TPSA) is 51.2 Å². The third-order valence-electron chi connectivity index (χ3n) is 3.48. The lowest BCUT2D eigenvalue weighted by Crippen LogP contribution is -2.19. The van der Waals surface area contributed by atoms with Gasteiger partial charge in [-0.1, -0.05) is 45.8 Å².